The maximum Gasteiger partial charge on any atom is 0.335 e. The number of nitro benzene ring substituents is 1. The predicted molar refractivity (Wildman–Crippen MR) is 82.5 cm³/mol. The zero-order chi connectivity index (χ0) is 16.8. The average molecular weight is 320 g/mol. The maximum atomic E-state index is 12.5. The highest BCUT2D eigenvalue weighted by molar-refractivity contribution is 5.95. The average Bonchev–Trinajstić information content (AvgIpc) is 3.38. The first-order chi connectivity index (χ1) is 11.0. The van der Waals surface area contributed by atoms with Gasteiger partial charge in [0.15, 0.2) is 0 Å². The van der Waals surface area contributed by atoms with E-state index in [1.165, 1.54) is 24.3 Å². The summed E-state index contributed by atoms with van der Waals surface area (Å²) in [7, 11) is 0. The van der Waals surface area contributed by atoms with Crippen LogP contribution in [0.2, 0.25) is 0 Å². The third-order valence-corrected chi connectivity index (χ3v) is 3.61. The number of rotatable bonds is 7. The number of nitrogens with zero attached hydrogens (tertiary/aromatic N) is 2. The fraction of sp³-hybridized carbons (Fsp3) is 0.500. The van der Waals surface area contributed by atoms with E-state index in [4.69, 9.17) is 4.84 Å². The van der Waals surface area contributed by atoms with Gasteiger partial charge < -0.3 is 4.84 Å². The van der Waals surface area contributed by atoms with Gasteiger partial charge in [-0.1, -0.05) is 25.8 Å². The summed E-state index contributed by atoms with van der Waals surface area (Å²) in [6.07, 6.45) is 4.14. The molecule has 0 bridgehead atoms. The largest absolute Gasteiger partial charge is 0.338 e. The van der Waals surface area contributed by atoms with E-state index < -0.39 is 16.8 Å². The number of hydrogen-bond acceptors (Lipinski definition) is 5. The number of hydrogen-bond donors (Lipinski definition) is 0. The van der Waals surface area contributed by atoms with Gasteiger partial charge in [-0.05, 0) is 25.3 Å². The first-order valence-electron chi connectivity index (χ1n) is 7.81. The summed E-state index contributed by atoms with van der Waals surface area (Å²) in [4.78, 5) is 39.8. The van der Waals surface area contributed by atoms with Crippen molar-refractivity contribution in [1.29, 1.82) is 0 Å². The van der Waals surface area contributed by atoms with E-state index >= 15 is 0 Å². The summed E-state index contributed by atoms with van der Waals surface area (Å²) >= 11 is 0. The summed E-state index contributed by atoms with van der Waals surface area (Å²) in [5, 5.41) is 11.9. The van der Waals surface area contributed by atoms with Gasteiger partial charge in [0.25, 0.3) is 11.6 Å². The van der Waals surface area contributed by atoms with Crippen molar-refractivity contribution in [2.45, 2.75) is 39.0 Å². The Labute approximate surface area is 134 Å². The van der Waals surface area contributed by atoms with Crippen LogP contribution in [0.5, 0.6) is 0 Å². The molecule has 0 aromatic heterocycles. The van der Waals surface area contributed by atoms with Crippen LogP contribution in [-0.4, -0.2) is 28.4 Å². The van der Waals surface area contributed by atoms with Crippen LogP contribution in [0.1, 0.15) is 49.4 Å². The summed E-state index contributed by atoms with van der Waals surface area (Å²) < 4.78 is 0. The zero-order valence-electron chi connectivity index (χ0n) is 13.1. The number of carbonyl (C=O) groups is 2. The van der Waals surface area contributed by atoms with Crippen LogP contribution >= 0.6 is 0 Å². The molecule has 23 heavy (non-hydrogen) atoms. The second-order valence-electron chi connectivity index (χ2n) is 5.61. The van der Waals surface area contributed by atoms with E-state index in [0.717, 1.165) is 30.7 Å². The molecule has 1 amide bonds. The number of benzene rings is 1. The summed E-state index contributed by atoms with van der Waals surface area (Å²) in [5.74, 6) is -1.05. The van der Waals surface area contributed by atoms with Gasteiger partial charge >= 0.3 is 5.97 Å². The summed E-state index contributed by atoms with van der Waals surface area (Å²) in [6, 6.07) is 5.43. The van der Waals surface area contributed by atoms with Crippen molar-refractivity contribution >= 4 is 17.6 Å². The Balaban J connectivity index is 2.11. The van der Waals surface area contributed by atoms with Crippen molar-refractivity contribution in [3.8, 4) is 0 Å². The molecule has 0 saturated heterocycles. The zero-order valence-corrected chi connectivity index (χ0v) is 13.1. The molecule has 0 spiro atoms. The van der Waals surface area contributed by atoms with Gasteiger partial charge in [-0.3, -0.25) is 14.9 Å². The number of amides is 1. The first kappa shape index (κ1) is 16.9. The minimum absolute atomic E-state index is 0.124. The Morgan fingerprint density at radius 2 is 2.09 bits per heavy atom. The fourth-order valence-electron chi connectivity index (χ4n) is 2.09. The number of unbranched alkanes of at least 4 members (excludes halogenated alkanes) is 2. The van der Waals surface area contributed by atoms with Gasteiger partial charge in [-0.15, -0.1) is 0 Å². The molecule has 1 fully saturated rings. The topological polar surface area (TPSA) is 89.8 Å². The Kier molecular flexibility index (Phi) is 5.67. The normalized spacial score (nSPS) is 13.4. The second kappa shape index (κ2) is 7.71. The first-order valence-corrected chi connectivity index (χ1v) is 7.81. The van der Waals surface area contributed by atoms with Gasteiger partial charge in [0.05, 0.1) is 17.4 Å². The molecule has 1 aliphatic carbocycles. The lowest BCUT2D eigenvalue weighted by atomic mass is 10.2. The summed E-state index contributed by atoms with van der Waals surface area (Å²) in [5.41, 5.74) is -0.0304. The molecule has 124 valence electrons. The third-order valence-electron chi connectivity index (χ3n) is 3.61. The third kappa shape index (κ3) is 4.77. The molecular formula is C16H20N2O5. The highest BCUT2D eigenvalue weighted by Gasteiger charge is 2.34. The van der Waals surface area contributed by atoms with Gasteiger partial charge in [-0.2, -0.15) is 5.06 Å². The van der Waals surface area contributed by atoms with Crippen molar-refractivity contribution in [3.63, 3.8) is 0 Å². The van der Waals surface area contributed by atoms with Crippen LogP contribution in [0, 0.1) is 16.0 Å². The van der Waals surface area contributed by atoms with Gasteiger partial charge in [-0.25, -0.2) is 4.79 Å². The molecule has 1 saturated carbocycles. The second-order valence-corrected chi connectivity index (χ2v) is 5.61. The Morgan fingerprint density at radius 3 is 2.70 bits per heavy atom. The minimum Gasteiger partial charge on any atom is -0.338 e. The molecule has 2 rings (SSSR count). The number of carbonyl (C=O) groups excluding carboxylic acids is 2. The van der Waals surface area contributed by atoms with Crippen molar-refractivity contribution in [2.75, 3.05) is 6.54 Å². The van der Waals surface area contributed by atoms with E-state index in [2.05, 4.69) is 0 Å². The van der Waals surface area contributed by atoms with Crippen molar-refractivity contribution in [1.82, 2.24) is 5.06 Å². The van der Waals surface area contributed by atoms with Gasteiger partial charge in [0, 0.05) is 17.7 Å². The molecule has 7 heteroatoms. The highest BCUT2D eigenvalue weighted by atomic mass is 16.7. The maximum absolute atomic E-state index is 12.5. The number of hydroxylamine groups is 2. The Morgan fingerprint density at radius 1 is 1.35 bits per heavy atom. The molecule has 0 atom stereocenters. The molecule has 0 N–H and O–H groups in total. The van der Waals surface area contributed by atoms with Crippen molar-refractivity contribution < 1.29 is 19.3 Å². The minimum atomic E-state index is -0.561. The van der Waals surface area contributed by atoms with Crippen molar-refractivity contribution in [2.24, 2.45) is 5.92 Å². The summed E-state index contributed by atoms with van der Waals surface area (Å²) in [6.45, 7) is 2.32. The molecule has 0 radical (unpaired) electrons. The molecular weight excluding hydrogens is 300 g/mol. The van der Waals surface area contributed by atoms with Crippen LogP contribution in [0.25, 0.3) is 0 Å². The van der Waals surface area contributed by atoms with Crippen LogP contribution in [-0.2, 0) is 9.63 Å². The fourth-order valence-corrected chi connectivity index (χ4v) is 2.09. The quantitative estimate of drug-likeness (QED) is 0.437. The monoisotopic (exact) mass is 320 g/mol. The highest BCUT2D eigenvalue weighted by Crippen LogP contribution is 2.30. The van der Waals surface area contributed by atoms with E-state index in [1.54, 1.807) is 0 Å². The molecule has 0 heterocycles. The van der Waals surface area contributed by atoms with Crippen LogP contribution in [0.15, 0.2) is 24.3 Å². The van der Waals surface area contributed by atoms with Gasteiger partial charge in [0.1, 0.15) is 0 Å². The van der Waals surface area contributed by atoms with Gasteiger partial charge in [0.2, 0.25) is 0 Å². The number of nitro groups is 1. The van der Waals surface area contributed by atoms with E-state index in [9.17, 15) is 19.7 Å². The lowest BCUT2D eigenvalue weighted by molar-refractivity contribution is -0.384. The molecule has 1 aromatic carbocycles. The standard InChI is InChI=1S/C16H20N2O5/c1-2-3-4-10-17(23-16(20)12-8-9-12)15(19)13-6-5-7-14(11-13)18(21)22/h5-7,11-12H,2-4,8-10H2,1H3. The smallest absolute Gasteiger partial charge is 0.335 e. The molecule has 7 nitrogen and oxygen atoms in total. The molecule has 0 aliphatic heterocycles. The van der Waals surface area contributed by atoms with E-state index in [-0.39, 0.29) is 23.7 Å². The lowest BCUT2D eigenvalue weighted by Gasteiger charge is -2.21. The Bertz CT molecular complexity index is 598. The van der Waals surface area contributed by atoms with E-state index in [1.807, 2.05) is 6.92 Å². The molecule has 0 unspecified atom stereocenters. The number of non-ortho nitro benzene ring substituents is 1. The van der Waals surface area contributed by atoms with Crippen molar-refractivity contribution in [3.05, 3.63) is 39.9 Å². The van der Waals surface area contributed by atoms with Crippen LogP contribution < -0.4 is 0 Å². The van der Waals surface area contributed by atoms with E-state index in [0.29, 0.717) is 6.42 Å². The molecule has 1 aromatic rings. The van der Waals surface area contributed by atoms with Crippen LogP contribution in [0.3, 0.4) is 0 Å². The molecule has 1 aliphatic rings. The lowest BCUT2D eigenvalue weighted by Crippen LogP contribution is -2.35. The SMILES string of the molecule is CCCCCN(OC(=O)C1CC1)C(=O)c1cccc([N+](=O)[O-])c1. The Hall–Kier alpha value is -2.44. The van der Waals surface area contributed by atoms with Crippen LogP contribution in [0.4, 0.5) is 5.69 Å². The predicted octanol–water partition coefficient (Wildman–Crippen LogP) is 3.10.